The second-order valence-electron chi connectivity index (χ2n) is 5.78. The number of amidine groups is 1. The van der Waals surface area contributed by atoms with E-state index in [4.69, 9.17) is 26.5 Å². The number of hydrogen-bond acceptors (Lipinski definition) is 6. The molecule has 0 saturated carbocycles. The van der Waals surface area contributed by atoms with Gasteiger partial charge < -0.3 is 19.5 Å². The number of benzene rings is 1. The van der Waals surface area contributed by atoms with Gasteiger partial charge in [-0.15, -0.1) is 0 Å². The van der Waals surface area contributed by atoms with Crippen molar-refractivity contribution in [2.24, 2.45) is 0 Å². The minimum atomic E-state index is -0.952. The second-order valence-corrected chi connectivity index (χ2v) is 6.16. The van der Waals surface area contributed by atoms with Crippen LogP contribution in [0.25, 0.3) is 0 Å². The Bertz CT molecular complexity index is 824. The molecule has 0 bridgehead atoms. The summed E-state index contributed by atoms with van der Waals surface area (Å²) in [6.07, 6.45) is -0.0515. The molecule has 0 aromatic heterocycles. The fourth-order valence-corrected chi connectivity index (χ4v) is 3.13. The van der Waals surface area contributed by atoms with Crippen LogP contribution in [0.2, 0.25) is 5.02 Å². The Balaban J connectivity index is 2.61. The standard InChI is InChI=1S/C18H20ClFN2O5/c1-4-26-17(24)14(18(25)27-5-2)16(21)22-9(3)8-12(23)13-11(22)7-6-10(20)15(13)19/h6-7,9,21,24H,4-5,8H2,1-3H3. The first-order valence-electron chi connectivity index (χ1n) is 8.36. The van der Waals surface area contributed by atoms with Gasteiger partial charge in [-0.25, -0.2) is 9.18 Å². The van der Waals surface area contributed by atoms with Gasteiger partial charge in [-0.05, 0) is 32.9 Å². The van der Waals surface area contributed by atoms with Crippen molar-refractivity contribution in [2.75, 3.05) is 18.1 Å². The first-order valence-corrected chi connectivity index (χ1v) is 8.74. The normalized spacial score (nSPS) is 17.1. The number of esters is 1. The Morgan fingerprint density at radius 3 is 2.59 bits per heavy atom. The molecule has 1 aromatic carbocycles. The van der Waals surface area contributed by atoms with Crippen LogP contribution < -0.4 is 4.90 Å². The number of ketones is 1. The van der Waals surface area contributed by atoms with E-state index >= 15 is 0 Å². The Kier molecular flexibility index (Phi) is 6.43. The quantitative estimate of drug-likeness (QED) is 0.258. The highest BCUT2D eigenvalue weighted by Gasteiger charge is 2.37. The maximum Gasteiger partial charge on any atom is 0.349 e. The van der Waals surface area contributed by atoms with Gasteiger partial charge in [0, 0.05) is 12.5 Å². The molecular weight excluding hydrogens is 379 g/mol. The van der Waals surface area contributed by atoms with Crippen molar-refractivity contribution >= 4 is 34.9 Å². The molecule has 2 N–H and O–H groups in total. The van der Waals surface area contributed by atoms with E-state index in [-0.39, 0.29) is 41.7 Å². The minimum absolute atomic E-state index is 0.0245. The van der Waals surface area contributed by atoms with E-state index in [9.17, 15) is 19.1 Å². The first-order chi connectivity index (χ1) is 12.7. The molecular formula is C18H20ClFN2O5. The monoisotopic (exact) mass is 398 g/mol. The number of nitrogens with one attached hydrogen (secondary N) is 1. The summed E-state index contributed by atoms with van der Waals surface area (Å²) in [6, 6.07) is 1.83. The number of rotatable bonds is 5. The Labute approximate surface area is 160 Å². The Morgan fingerprint density at radius 1 is 1.37 bits per heavy atom. The molecule has 1 heterocycles. The molecule has 9 heteroatoms. The molecule has 0 saturated heterocycles. The molecule has 1 aromatic rings. The van der Waals surface area contributed by atoms with Gasteiger partial charge in [0.2, 0.25) is 0 Å². The molecule has 7 nitrogen and oxygen atoms in total. The van der Waals surface area contributed by atoms with Gasteiger partial charge in [0.1, 0.15) is 11.7 Å². The summed E-state index contributed by atoms with van der Waals surface area (Å²) in [5, 5.41) is 18.3. The molecule has 0 amide bonds. The molecule has 1 atom stereocenters. The summed E-state index contributed by atoms with van der Waals surface area (Å²) in [5.74, 6) is -3.29. The number of halogens is 2. The van der Waals surface area contributed by atoms with Crippen molar-refractivity contribution < 1.29 is 28.6 Å². The van der Waals surface area contributed by atoms with Crippen molar-refractivity contribution in [3.8, 4) is 0 Å². The van der Waals surface area contributed by atoms with E-state index in [0.717, 1.165) is 6.07 Å². The van der Waals surface area contributed by atoms with E-state index < -0.39 is 35.2 Å². The predicted octanol–water partition coefficient (Wildman–Crippen LogP) is 3.61. The zero-order valence-electron chi connectivity index (χ0n) is 15.1. The first kappa shape index (κ1) is 20.7. The summed E-state index contributed by atoms with van der Waals surface area (Å²) < 4.78 is 23.7. The third-order valence-electron chi connectivity index (χ3n) is 3.98. The fourth-order valence-electron chi connectivity index (χ4n) is 2.86. The van der Waals surface area contributed by atoms with Gasteiger partial charge in [0.05, 0.1) is 29.5 Å². The molecule has 0 aliphatic carbocycles. The summed E-state index contributed by atoms with van der Waals surface area (Å²) in [5.41, 5.74) is -0.397. The average molecular weight is 399 g/mol. The number of nitrogens with zero attached hydrogens (tertiary/aromatic N) is 1. The summed E-state index contributed by atoms with van der Waals surface area (Å²) in [4.78, 5) is 26.0. The molecule has 1 aliphatic heterocycles. The van der Waals surface area contributed by atoms with Crippen molar-refractivity contribution in [2.45, 2.75) is 33.2 Å². The predicted molar refractivity (Wildman–Crippen MR) is 97.9 cm³/mol. The lowest BCUT2D eigenvalue weighted by Crippen LogP contribution is -2.46. The lowest BCUT2D eigenvalue weighted by Gasteiger charge is -2.36. The highest BCUT2D eigenvalue weighted by atomic mass is 35.5. The summed E-state index contributed by atoms with van der Waals surface area (Å²) >= 11 is 5.96. The number of carbonyl (C=O) groups excluding carboxylic acids is 2. The molecule has 2 rings (SSSR count). The molecule has 146 valence electrons. The topological polar surface area (TPSA) is 99.9 Å². The van der Waals surface area contributed by atoms with Crippen LogP contribution in [0.1, 0.15) is 37.6 Å². The van der Waals surface area contributed by atoms with Gasteiger partial charge in [0.15, 0.2) is 11.4 Å². The number of hydrogen-bond donors (Lipinski definition) is 2. The highest BCUT2D eigenvalue weighted by Crippen LogP contribution is 2.37. The van der Waals surface area contributed by atoms with Crippen LogP contribution in [-0.4, -0.2) is 42.0 Å². The van der Waals surface area contributed by atoms with Gasteiger partial charge >= 0.3 is 5.97 Å². The van der Waals surface area contributed by atoms with Crippen LogP contribution in [-0.2, 0) is 14.3 Å². The van der Waals surface area contributed by atoms with E-state index in [1.165, 1.54) is 11.0 Å². The molecule has 0 spiro atoms. The van der Waals surface area contributed by atoms with Gasteiger partial charge in [-0.3, -0.25) is 10.2 Å². The van der Waals surface area contributed by atoms with E-state index in [1.807, 2.05) is 0 Å². The van der Waals surface area contributed by atoms with Gasteiger partial charge in [-0.1, -0.05) is 11.6 Å². The third kappa shape index (κ3) is 3.90. The van der Waals surface area contributed by atoms with Crippen molar-refractivity contribution in [3.05, 3.63) is 40.1 Å². The molecule has 1 aliphatic rings. The average Bonchev–Trinajstić information content (AvgIpc) is 2.58. The van der Waals surface area contributed by atoms with Crippen LogP contribution >= 0.6 is 11.6 Å². The number of fused-ring (bicyclic) bond motifs is 1. The number of aliphatic hydroxyl groups excluding tert-OH is 1. The number of Topliss-reactive ketones (excluding diaryl/α,β-unsaturated/α-hetero) is 1. The van der Waals surface area contributed by atoms with Crippen molar-refractivity contribution in [3.63, 3.8) is 0 Å². The summed E-state index contributed by atoms with van der Waals surface area (Å²) in [7, 11) is 0. The Hall–Kier alpha value is -2.61. The molecule has 0 fully saturated rings. The highest BCUT2D eigenvalue weighted by molar-refractivity contribution is 6.36. The van der Waals surface area contributed by atoms with Crippen LogP contribution in [0, 0.1) is 11.2 Å². The van der Waals surface area contributed by atoms with Crippen LogP contribution in [0.4, 0.5) is 10.1 Å². The van der Waals surface area contributed by atoms with Crippen LogP contribution in [0.3, 0.4) is 0 Å². The zero-order chi connectivity index (χ0) is 20.3. The second kappa shape index (κ2) is 8.39. The van der Waals surface area contributed by atoms with Gasteiger partial charge in [0.25, 0.3) is 5.95 Å². The SMILES string of the molecule is CCOC(=O)C(C(=N)N1c2ccc(F)c(Cl)c2C(=O)CC1C)=C(O)OCC. The number of ether oxygens (including phenoxy) is 2. The number of carbonyl (C=O) groups is 2. The largest absolute Gasteiger partial charge is 0.480 e. The van der Waals surface area contributed by atoms with Crippen LogP contribution in [0.5, 0.6) is 0 Å². The Morgan fingerprint density at radius 2 is 2.00 bits per heavy atom. The lowest BCUT2D eigenvalue weighted by molar-refractivity contribution is -0.138. The molecule has 0 radical (unpaired) electrons. The smallest absolute Gasteiger partial charge is 0.349 e. The number of aliphatic hydroxyl groups is 1. The van der Waals surface area contributed by atoms with E-state index in [2.05, 4.69) is 0 Å². The zero-order valence-corrected chi connectivity index (χ0v) is 15.9. The third-order valence-corrected chi connectivity index (χ3v) is 4.35. The van der Waals surface area contributed by atoms with Crippen molar-refractivity contribution in [1.82, 2.24) is 0 Å². The van der Waals surface area contributed by atoms with Gasteiger partial charge in [-0.2, -0.15) is 0 Å². The molecule has 1 unspecified atom stereocenters. The lowest BCUT2D eigenvalue weighted by atomic mass is 9.94. The minimum Gasteiger partial charge on any atom is -0.480 e. The van der Waals surface area contributed by atoms with Crippen molar-refractivity contribution in [1.29, 1.82) is 5.41 Å². The summed E-state index contributed by atoms with van der Waals surface area (Å²) in [6.45, 7) is 4.92. The maximum atomic E-state index is 13.8. The van der Waals surface area contributed by atoms with Crippen LogP contribution in [0.15, 0.2) is 23.7 Å². The maximum absolute atomic E-state index is 13.8. The fraction of sp³-hybridized carbons (Fsp3) is 0.389. The van der Waals surface area contributed by atoms with E-state index in [0.29, 0.717) is 0 Å². The number of anilines is 1. The molecule has 27 heavy (non-hydrogen) atoms. The van der Waals surface area contributed by atoms with E-state index in [1.54, 1.807) is 20.8 Å².